The van der Waals surface area contributed by atoms with Gasteiger partial charge in [0, 0.05) is 10.8 Å². The third-order valence-corrected chi connectivity index (χ3v) is 22.1. The highest BCUT2D eigenvalue weighted by atomic mass is 16.6. The van der Waals surface area contributed by atoms with E-state index in [0.717, 1.165) is 66.6 Å². The topological polar surface area (TPSA) is 141 Å². The highest BCUT2D eigenvalue weighted by Gasteiger charge is 2.27. The molecule has 9 rings (SSSR count). The predicted octanol–water partition coefficient (Wildman–Crippen LogP) is 26.8. The number of epoxide rings is 2. The van der Waals surface area contributed by atoms with Crippen molar-refractivity contribution in [3.05, 3.63) is 245 Å². The molecule has 2 saturated heterocycles. The van der Waals surface area contributed by atoms with Gasteiger partial charge in [-0.3, -0.25) is 0 Å². The average Bonchev–Trinajstić information content (AvgIpc) is 1.31. The zero-order valence-electron chi connectivity index (χ0n) is 72.7. The number of aliphatic hydroxyl groups excluding tert-OH is 2. The minimum absolute atomic E-state index is 0.0870. The summed E-state index contributed by atoms with van der Waals surface area (Å²) in [4.78, 5) is 0. The van der Waals surface area contributed by atoms with E-state index in [1.165, 1.54) is 240 Å². The summed E-state index contributed by atoms with van der Waals surface area (Å²) in [6, 6.07) is 57.0. The van der Waals surface area contributed by atoms with Crippen LogP contribution in [0.1, 0.15) is 299 Å². The van der Waals surface area contributed by atoms with E-state index in [4.69, 9.17) is 37.9 Å². The quantitative estimate of drug-likeness (QED) is 0.0191. The van der Waals surface area contributed by atoms with E-state index in [0.29, 0.717) is 30.5 Å². The Bertz CT molecular complexity index is 3500. The molecule has 636 valence electrons. The summed E-state index contributed by atoms with van der Waals surface area (Å²) in [6.07, 6.45) is 59.2. The third-order valence-electron chi connectivity index (χ3n) is 22.1. The van der Waals surface area contributed by atoms with E-state index in [1.54, 1.807) is 6.07 Å². The number of hydrogen-bond donors (Lipinski definition) is 3. The number of phenolic OH excluding ortho intramolecular Hbond substituents is 1. The Balaban J connectivity index is 0.000000316. The molecule has 7 aromatic carbocycles. The van der Waals surface area contributed by atoms with Gasteiger partial charge in [-0.15, -0.1) is 0 Å². The highest BCUT2D eigenvalue weighted by molar-refractivity contribution is 5.44. The first-order valence-electron chi connectivity index (χ1n) is 45.4. The van der Waals surface area contributed by atoms with Gasteiger partial charge in [-0.25, -0.2) is 0 Å². The van der Waals surface area contributed by atoms with Crippen molar-refractivity contribution in [2.24, 2.45) is 0 Å². The van der Waals surface area contributed by atoms with Crippen molar-refractivity contribution in [1.29, 1.82) is 0 Å². The lowest BCUT2D eigenvalue weighted by molar-refractivity contribution is 0.0626. The van der Waals surface area contributed by atoms with Gasteiger partial charge in [0.1, 0.15) is 104 Å². The first kappa shape index (κ1) is 95.3. The molecule has 11 nitrogen and oxygen atoms in total. The number of ether oxygens (including phenoxy) is 8. The van der Waals surface area contributed by atoms with Gasteiger partial charge in [0.15, 0.2) is 0 Å². The van der Waals surface area contributed by atoms with Crippen molar-refractivity contribution in [3.63, 3.8) is 0 Å². The molecule has 116 heavy (non-hydrogen) atoms. The van der Waals surface area contributed by atoms with Gasteiger partial charge in [0.05, 0.1) is 13.2 Å². The number of aromatic hydroxyl groups is 1. The standard InChI is InChI=1S/C63H92O6.C21H24O4.C21H34O/c1-5-7-9-11-13-15-17-19-21-23-25-27-29-33-53-35-31-37-61(47-53)68-51-57(64)49-66-59-43-39-55(40-44-59)63(3,4)56-41-45-60(46-42-56)67-50-58(65)52-69-62-38-32-36-54(48-62)34-30-28-26-24-22-20-18-16-14-12-10-8-6-2;1-21(2,15-3-7-17(8-4-15)22-11-19-13-24-19)16-5-9-18(10-6-16)23-12-20-14-25-20;1-2-3-4-5-6-7-8-9-10-11-12-13-14-16-20-17-15-18-21(22)19-20/h11-14,31-32,35-48,57-58,64-65H,5-10,15-30,33-34,49-52H2,1-4H3;3-10,19-20H,11-14H2,1-2H3;5-6,15,17-19,22H,2-4,7-14,16H2,1H3/b13-11+,14-12+;;6-5+. The Morgan fingerprint density at radius 1 is 0.310 bits per heavy atom. The molecule has 0 aromatic heterocycles. The smallest absolute Gasteiger partial charge is 0.122 e. The van der Waals surface area contributed by atoms with Gasteiger partial charge in [-0.05, 0) is 220 Å². The zero-order chi connectivity index (χ0) is 82.2. The van der Waals surface area contributed by atoms with Crippen LogP contribution in [0.2, 0.25) is 0 Å². The van der Waals surface area contributed by atoms with Crippen molar-refractivity contribution in [1.82, 2.24) is 0 Å². The van der Waals surface area contributed by atoms with E-state index < -0.39 is 12.2 Å². The Labute approximate surface area is 702 Å². The lowest BCUT2D eigenvalue weighted by Gasteiger charge is -2.26. The summed E-state index contributed by atoms with van der Waals surface area (Å²) in [5, 5.41) is 30.8. The van der Waals surface area contributed by atoms with Crippen LogP contribution in [0.3, 0.4) is 0 Å². The fraction of sp³-hybridized carbons (Fsp3) is 0.543. The summed E-state index contributed by atoms with van der Waals surface area (Å²) < 4.78 is 45.6. The van der Waals surface area contributed by atoms with Crippen LogP contribution in [-0.2, 0) is 39.6 Å². The number of rotatable bonds is 61. The molecule has 0 bridgehead atoms. The molecule has 7 aromatic rings. The monoisotopic (exact) mass is 1590 g/mol. The first-order valence-corrected chi connectivity index (χ1v) is 45.4. The SMILES string of the molecule is CC(C)(c1ccc(OCC2CO2)cc1)c1ccc(OCC2CO2)cc1.CCCC/C=C/CCCCCCCCCc1cccc(O)c1.CCCC/C=C/CCCCCCCCCc1cccc(OCC(O)COc2ccc(C(C)(C)c3ccc(OCC(O)COc4cccc(CCCCCCCCC/C=C/CCCC)c4)cc3)cc2)c1. The summed E-state index contributed by atoms with van der Waals surface area (Å²) in [5.41, 5.74) is 8.25. The molecule has 4 unspecified atom stereocenters. The molecule has 0 aliphatic carbocycles. The summed E-state index contributed by atoms with van der Waals surface area (Å²) >= 11 is 0. The summed E-state index contributed by atoms with van der Waals surface area (Å²) in [6.45, 7) is 19.1. The van der Waals surface area contributed by atoms with Gasteiger partial charge in [-0.2, -0.15) is 0 Å². The van der Waals surface area contributed by atoms with Crippen molar-refractivity contribution in [2.75, 3.05) is 52.9 Å². The lowest BCUT2D eigenvalue weighted by Crippen LogP contribution is -2.25. The molecule has 0 radical (unpaired) electrons. The largest absolute Gasteiger partial charge is 0.508 e. The molecule has 0 spiro atoms. The van der Waals surface area contributed by atoms with Crippen molar-refractivity contribution in [3.8, 4) is 40.2 Å². The van der Waals surface area contributed by atoms with Crippen molar-refractivity contribution < 1.29 is 53.2 Å². The summed E-state index contributed by atoms with van der Waals surface area (Å²) in [5.74, 6) is 5.15. The van der Waals surface area contributed by atoms with E-state index in [-0.39, 0.29) is 49.5 Å². The van der Waals surface area contributed by atoms with E-state index in [2.05, 4.69) is 164 Å². The molecule has 0 amide bonds. The fourth-order valence-electron chi connectivity index (χ4n) is 14.2. The molecular weight excluding hydrogens is 1440 g/mol. The van der Waals surface area contributed by atoms with E-state index in [1.807, 2.05) is 84.9 Å². The molecule has 3 N–H and O–H groups in total. The summed E-state index contributed by atoms with van der Waals surface area (Å²) in [7, 11) is 0. The van der Waals surface area contributed by atoms with Crippen LogP contribution < -0.4 is 28.4 Å². The molecule has 0 saturated carbocycles. The minimum Gasteiger partial charge on any atom is -0.508 e. The molecule has 4 atom stereocenters. The Kier molecular flexibility index (Phi) is 47.8. The number of benzene rings is 7. The van der Waals surface area contributed by atoms with Crippen LogP contribution in [0, 0.1) is 0 Å². The zero-order valence-corrected chi connectivity index (χ0v) is 72.7. The number of aliphatic hydroxyl groups is 2. The van der Waals surface area contributed by atoms with Crippen LogP contribution in [0.15, 0.2) is 206 Å². The van der Waals surface area contributed by atoms with Gasteiger partial charge in [-0.1, -0.05) is 305 Å². The van der Waals surface area contributed by atoms with Gasteiger partial charge in [0.2, 0.25) is 0 Å². The van der Waals surface area contributed by atoms with Gasteiger partial charge < -0.3 is 53.2 Å². The van der Waals surface area contributed by atoms with Crippen molar-refractivity contribution >= 4 is 0 Å². The lowest BCUT2D eigenvalue weighted by atomic mass is 9.78. The second kappa shape index (κ2) is 58.1. The molecular formula is C105H150O11. The number of allylic oxidation sites excluding steroid dienone is 6. The Hall–Kier alpha value is -7.80. The molecule has 11 heteroatoms. The predicted molar refractivity (Wildman–Crippen MR) is 483 cm³/mol. The average molecular weight is 1590 g/mol. The van der Waals surface area contributed by atoms with Crippen LogP contribution in [0.5, 0.6) is 40.2 Å². The second-order valence-corrected chi connectivity index (χ2v) is 33.3. The van der Waals surface area contributed by atoms with Crippen LogP contribution >= 0.6 is 0 Å². The van der Waals surface area contributed by atoms with Crippen LogP contribution in [0.4, 0.5) is 0 Å². The maximum absolute atomic E-state index is 10.7. The van der Waals surface area contributed by atoms with Gasteiger partial charge in [0.25, 0.3) is 0 Å². The first-order chi connectivity index (χ1) is 56.7. The van der Waals surface area contributed by atoms with E-state index >= 15 is 0 Å². The molecule has 2 aliphatic heterocycles. The number of phenols is 1. The van der Waals surface area contributed by atoms with Gasteiger partial charge >= 0.3 is 0 Å². The number of hydrogen-bond acceptors (Lipinski definition) is 11. The number of aryl methyl sites for hydroxylation is 3. The normalized spacial score (nSPS) is 14.4. The fourth-order valence-corrected chi connectivity index (χ4v) is 14.2. The van der Waals surface area contributed by atoms with Crippen LogP contribution in [-0.4, -0.2) is 92.6 Å². The van der Waals surface area contributed by atoms with Crippen LogP contribution in [0.25, 0.3) is 0 Å². The van der Waals surface area contributed by atoms with E-state index in [9.17, 15) is 15.3 Å². The maximum atomic E-state index is 10.7. The Morgan fingerprint density at radius 2 is 0.560 bits per heavy atom. The molecule has 2 fully saturated rings. The Morgan fingerprint density at radius 3 is 0.845 bits per heavy atom. The van der Waals surface area contributed by atoms with Crippen molar-refractivity contribution in [2.45, 2.75) is 315 Å². The number of unbranched alkanes of at least 4 members (excludes halogenated alkanes) is 27. The third kappa shape index (κ3) is 42.0. The molecule has 2 heterocycles. The molecule has 2 aliphatic rings. The highest BCUT2D eigenvalue weighted by Crippen LogP contribution is 2.36. The second-order valence-electron chi connectivity index (χ2n) is 33.3. The minimum atomic E-state index is -0.754. The maximum Gasteiger partial charge on any atom is 0.122 e.